The van der Waals surface area contributed by atoms with Crippen molar-refractivity contribution in [2.75, 3.05) is 45.9 Å². The van der Waals surface area contributed by atoms with Crippen molar-refractivity contribution >= 4 is 42.1 Å². The highest BCUT2D eigenvalue weighted by Gasteiger charge is 2.28. The normalized spacial score (nSPS) is 15.9. The average Bonchev–Trinajstić information content (AvgIpc) is 3.07. The monoisotopic (exact) mass is 512 g/mol. The lowest BCUT2D eigenvalue weighted by atomic mass is 9.94. The second-order valence-electron chi connectivity index (χ2n) is 8.58. The average molecular weight is 513 g/mol. The number of nitrogens with one attached hydrogen (secondary N) is 1. The van der Waals surface area contributed by atoms with Gasteiger partial charge < -0.3 is 30.0 Å². The van der Waals surface area contributed by atoms with Crippen LogP contribution in [0.15, 0.2) is 23.3 Å². The van der Waals surface area contributed by atoms with E-state index in [1.54, 1.807) is 32.3 Å². The lowest BCUT2D eigenvalue weighted by Crippen LogP contribution is -2.42. The van der Waals surface area contributed by atoms with Gasteiger partial charge >= 0.3 is 0 Å². The van der Waals surface area contributed by atoms with Crippen LogP contribution in [0.1, 0.15) is 48.9 Å². The van der Waals surface area contributed by atoms with E-state index in [-0.39, 0.29) is 42.1 Å². The molecule has 0 heterocycles. The van der Waals surface area contributed by atoms with Crippen molar-refractivity contribution in [2.24, 2.45) is 5.10 Å². The van der Waals surface area contributed by atoms with Crippen LogP contribution in [0.4, 0.5) is 5.69 Å². The van der Waals surface area contributed by atoms with Gasteiger partial charge in [0.15, 0.2) is 0 Å². The van der Waals surface area contributed by atoms with E-state index in [9.17, 15) is 19.8 Å². The molecule has 0 radical (unpaired) electrons. The van der Waals surface area contributed by atoms with E-state index >= 15 is 0 Å². The van der Waals surface area contributed by atoms with Crippen LogP contribution in [-0.2, 0) is 14.3 Å². The summed E-state index contributed by atoms with van der Waals surface area (Å²) in [6, 6.07) is 4.86. The molecule has 10 nitrogen and oxygen atoms in total. The molecule has 11 heteroatoms. The number of ether oxygens (including phenoxy) is 1. The predicted molar refractivity (Wildman–Crippen MR) is 136 cm³/mol. The quantitative estimate of drug-likeness (QED) is 0.247. The molecule has 1 unspecified atom stereocenters. The number of benzene rings is 1. The Hall–Kier alpha value is -2.53. The number of carbonyl (C=O) groups excluding carboxylic acids is 3. The maximum absolute atomic E-state index is 12.8. The molecule has 0 bridgehead atoms. The van der Waals surface area contributed by atoms with Crippen LogP contribution in [0.5, 0.6) is 0 Å². The number of carbonyl (C=O) groups is 3. The molecule has 35 heavy (non-hydrogen) atoms. The number of aliphatic hydroxyl groups is 2. The van der Waals surface area contributed by atoms with Crippen molar-refractivity contribution < 1.29 is 29.3 Å². The van der Waals surface area contributed by atoms with E-state index in [4.69, 9.17) is 21.1 Å². The van der Waals surface area contributed by atoms with Crippen molar-refractivity contribution in [3.05, 3.63) is 28.8 Å². The number of aliphatic hydroxyl groups excluding tert-OH is 1. The fraction of sp³-hybridized carbons (Fsp3) is 0.583. The molecule has 2 amide bonds. The van der Waals surface area contributed by atoms with Crippen LogP contribution in [0.3, 0.4) is 0 Å². The Morgan fingerprint density at radius 3 is 2.49 bits per heavy atom. The van der Waals surface area contributed by atoms with Crippen molar-refractivity contribution in [1.82, 2.24) is 10.2 Å². The smallest absolute Gasteiger partial charge is 0.266 e. The SMILES string of the molecule is C=O.COCC(O)CN(C)C(=O)/C=N\N(C)c1ccc(Cl)c(C(=O)NCC2(O)CCCCCC2)c1. The number of halogens is 1. The first-order valence-electron chi connectivity index (χ1n) is 11.4. The van der Waals surface area contributed by atoms with E-state index in [0.29, 0.717) is 18.5 Å². The number of likely N-dealkylation sites (N-methyl/N-ethyl adjacent to an activating group) is 1. The van der Waals surface area contributed by atoms with E-state index in [1.807, 2.05) is 6.79 Å². The Balaban J connectivity index is 0.00000298. The van der Waals surface area contributed by atoms with Gasteiger partial charge in [0.05, 0.1) is 34.6 Å². The zero-order valence-electron chi connectivity index (χ0n) is 20.7. The molecule has 1 aliphatic rings. The Morgan fingerprint density at radius 1 is 1.26 bits per heavy atom. The fourth-order valence-corrected chi connectivity index (χ4v) is 3.95. The summed E-state index contributed by atoms with van der Waals surface area (Å²) in [6.45, 7) is 2.41. The van der Waals surface area contributed by atoms with Crippen molar-refractivity contribution in [1.29, 1.82) is 0 Å². The van der Waals surface area contributed by atoms with Gasteiger partial charge in [0.2, 0.25) is 0 Å². The summed E-state index contributed by atoms with van der Waals surface area (Å²) in [5, 5.41) is 29.2. The minimum absolute atomic E-state index is 0.111. The number of hydrazone groups is 1. The van der Waals surface area contributed by atoms with Gasteiger partial charge in [0, 0.05) is 34.3 Å². The van der Waals surface area contributed by atoms with Crippen LogP contribution in [0.25, 0.3) is 0 Å². The van der Waals surface area contributed by atoms with Crippen LogP contribution < -0.4 is 10.3 Å². The zero-order chi connectivity index (χ0) is 26.4. The van der Waals surface area contributed by atoms with Crippen molar-refractivity contribution in [3.8, 4) is 0 Å². The summed E-state index contributed by atoms with van der Waals surface area (Å²) in [5.41, 5.74) is -0.0657. The number of methoxy groups -OCH3 is 1. The van der Waals surface area contributed by atoms with E-state index in [2.05, 4.69) is 10.4 Å². The molecule has 1 aliphatic carbocycles. The molecule has 3 N–H and O–H groups in total. The molecular weight excluding hydrogens is 476 g/mol. The minimum Gasteiger partial charge on any atom is -0.389 e. The molecule has 0 aliphatic heterocycles. The van der Waals surface area contributed by atoms with Crippen LogP contribution in [0, 0.1) is 0 Å². The molecule has 0 saturated heterocycles. The molecule has 1 atom stereocenters. The second kappa shape index (κ2) is 15.5. The third kappa shape index (κ3) is 10.3. The number of nitrogens with zero attached hydrogens (tertiary/aromatic N) is 3. The highest BCUT2D eigenvalue weighted by atomic mass is 35.5. The van der Waals surface area contributed by atoms with Crippen molar-refractivity contribution in [3.63, 3.8) is 0 Å². The first-order valence-corrected chi connectivity index (χ1v) is 11.8. The second-order valence-corrected chi connectivity index (χ2v) is 8.99. The summed E-state index contributed by atoms with van der Waals surface area (Å²) in [5.74, 6) is -0.764. The van der Waals surface area contributed by atoms with E-state index in [0.717, 1.165) is 31.9 Å². The Morgan fingerprint density at radius 2 is 1.89 bits per heavy atom. The molecule has 1 saturated carbocycles. The predicted octanol–water partition coefficient (Wildman–Crippen LogP) is 1.86. The third-order valence-electron chi connectivity index (χ3n) is 5.74. The summed E-state index contributed by atoms with van der Waals surface area (Å²) in [4.78, 5) is 34.3. The number of anilines is 1. The molecule has 1 fully saturated rings. The summed E-state index contributed by atoms with van der Waals surface area (Å²) >= 11 is 6.25. The van der Waals surface area contributed by atoms with Gasteiger partial charge in [-0.15, -0.1) is 0 Å². The molecule has 1 aromatic rings. The number of rotatable bonds is 10. The lowest BCUT2D eigenvalue weighted by Gasteiger charge is -2.27. The first kappa shape index (κ1) is 30.5. The number of amides is 2. The number of hydrogen-bond donors (Lipinski definition) is 3. The summed E-state index contributed by atoms with van der Waals surface area (Å²) in [7, 11) is 4.67. The van der Waals surface area contributed by atoms with Crippen molar-refractivity contribution in [2.45, 2.75) is 50.2 Å². The third-order valence-corrected chi connectivity index (χ3v) is 6.07. The zero-order valence-corrected chi connectivity index (χ0v) is 21.5. The summed E-state index contributed by atoms with van der Waals surface area (Å²) < 4.78 is 4.86. The topological polar surface area (TPSA) is 132 Å². The van der Waals surface area contributed by atoms with Crippen LogP contribution in [-0.4, -0.2) is 92.5 Å². The van der Waals surface area contributed by atoms with E-state index in [1.165, 1.54) is 17.0 Å². The maximum atomic E-state index is 12.8. The standard InChI is InChI=1S/C23H35ClN4O5.CH2O/c1-27(14-18(29)15-33-3)21(30)13-26-28(2)17-8-9-20(24)19(12-17)22(31)25-16-23(32)10-6-4-5-7-11-23;1-2/h8-9,12-13,18,29,32H,4-7,10-11,14-16H2,1-3H3,(H,25,31);1H2/b26-13-;. The fourth-order valence-electron chi connectivity index (χ4n) is 3.74. The van der Waals surface area contributed by atoms with Gasteiger partial charge in [0.25, 0.3) is 11.8 Å². The van der Waals surface area contributed by atoms with Crippen LogP contribution in [0.2, 0.25) is 5.02 Å². The minimum atomic E-state index is -0.888. The molecule has 0 aromatic heterocycles. The largest absolute Gasteiger partial charge is 0.389 e. The van der Waals surface area contributed by atoms with Gasteiger partial charge in [-0.05, 0) is 31.0 Å². The van der Waals surface area contributed by atoms with Gasteiger partial charge in [-0.1, -0.05) is 37.3 Å². The Labute approximate surface area is 211 Å². The molecule has 196 valence electrons. The van der Waals surface area contributed by atoms with Gasteiger partial charge in [0.1, 0.15) is 13.0 Å². The Bertz CT molecular complexity index is 845. The van der Waals surface area contributed by atoms with Gasteiger partial charge in [-0.25, -0.2) is 0 Å². The Kier molecular flexibility index (Phi) is 13.5. The highest BCUT2D eigenvalue weighted by Crippen LogP contribution is 2.27. The highest BCUT2D eigenvalue weighted by molar-refractivity contribution is 6.34. The maximum Gasteiger partial charge on any atom is 0.266 e. The first-order chi connectivity index (χ1) is 16.6. The molecule has 1 aromatic carbocycles. The van der Waals surface area contributed by atoms with Crippen LogP contribution >= 0.6 is 11.6 Å². The summed E-state index contributed by atoms with van der Waals surface area (Å²) in [6.07, 6.45) is 5.78. The van der Waals surface area contributed by atoms with Gasteiger partial charge in [-0.3, -0.25) is 14.6 Å². The molecule has 0 spiro atoms. The number of hydrogen-bond acceptors (Lipinski definition) is 8. The molecule has 2 rings (SSSR count). The van der Waals surface area contributed by atoms with E-state index < -0.39 is 11.7 Å². The lowest BCUT2D eigenvalue weighted by molar-refractivity contribution is -0.124. The van der Waals surface area contributed by atoms with Gasteiger partial charge in [-0.2, -0.15) is 5.10 Å². The molecular formula is C24H37ClN4O6.